The third kappa shape index (κ3) is 4.58. The van der Waals surface area contributed by atoms with Crippen LogP contribution in [0.2, 0.25) is 0 Å². The second-order valence-electron chi connectivity index (χ2n) is 6.28. The van der Waals surface area contributed by atoms with E-state index in [1.54, 1.807) is 26.8 Å². The topological polar surface area (TPSA) is 80.7 Å². The summed E-state index contributed by atoms with van der Waals surface area (Å²) in [5.41, 5.74) is 0.606. The van der Waals surface area contributed by atoms with Crippen LogP contribution in [0, 0.1) is 0 Å². The molecule has 1 heterocycles. The molecule has 2 N–H and O–H groups in total. The van der Waals surface area contributed by atoms with Gasteiger partial charge in [0, 0.05) is 21.5 Å². The number of aliphatic hydroxyl groups excluding tert-OH is 1. The molecule has 7 heteroatoms. The number of alkyl carbamates (subject to hydrolysis) is 1. The maximum Gasteiger partial charge on any atom is 0.407 e. The minimum atomic E-state index is -0.949. The number of rotatable bonds is 4. The summed E-state index contributed by atoms with van der Waals surface area (Å²) < 4.78 is 11.0. The van der Waals surface area contributed by atoms with E-state index in [-0.39, 0.29) is 6.54 Å². The van der Waals surface area contributed by atoms with E-state index in [9.17, 15) is 9.90 Å². The molecule has 0 fully saturated rings. The second-order valence-corrected chi connectivity index (χ2v) is 7.14. The Morgan fingerprint density at radius 2 is 2.00 bits per heavy atom. The van der Waals surface area contributed by atoms with E-state index < -0.39 is 17.8 Å². The van der Waals surface area contributed by atoms with Crippen molar-refractivity contribution in [2.75, 3.05) is 13.7 Å². The predicted octanol–water partition coefficient (Wildman–Crippen LogP) is 3.56. The number of ether oxygens (including phenoxy) is 2. The number of methoxy groups -OCH3 is 1. The zero-order chi connectivity index (χ0) is 17.9. The molecule has 0 aliphatic carbocycles. The van der Waals surface area contributed by atoms with Gasteiger partial charge in [-0.2, -0.15) is 0 Å². The normalized spacial score (nSPS) is 12.8. The number of hydrogen-bond donors (Lipinski definition) is 2. The Hall–Kier alpha value is -1.86. The molecule has 1 aromatic heterocycles. The Kier molecular flexibility index (Phi) is 5.66. The van der Waals surface area contributed by atoms with Crippen molar-refractivity contribution in [1.29, 1.82) is 0 Å². The first-order chi connectivity index (χ1) is 11.2. The highest BCUT2D eigenvalue weighted by Crippen LogP contribution is 2.31. The van der Waals surface area contributed by atoms with E-state index in [4.69, 9.17) is 9.47 Å². The van der Waals surface area contributed by atoms with Gasteiger partial charge in [0.15, 0.2) is 0 Å². The molecule has 0 aliphatic heterocycles. The van der Waals surface area contributed by atoms with Crippen LogP contribution in [0.25, 0.3) is 10.9 Å². The lowest BCUT2D eigenvalue weighted by Crippen LogP contribution is -2.34. The zero-order valence-electron chi connectivity index (χ0n) is 14.1. The van der Waals surface area contributed by atoms with Gasteiger partial charge >= 0.3 is 6.09 Å². The summed E-state index contributed by atoms with van der Waals surface area (Å²) in [4.78, 5) is 16.2. The number of benzene rings is 1. The van der Waals surface area contributed by atoms with Crippen LogP contribution in [-0.4, -0.2) is 35.4 Å². The third-order valence-corrected chi connectivity index (χ3v) is 3.90. The summed E-state index contributed by atoms with van der Waals surface area (Å²) in [5, 5.41) is 14.0. The SMILES string of the molecule is COc1ccc2ccc(Br)c(C(O)CNC(=O)OC(C)(C)C)c2n1. The molecule has 0 saturated carbocycles. The van der Waals surface area contributed by atoms with Crippen molar-refractivity contribution < 1.29 is 19.4 Å². The molecule has 0 aliphatic rings. The van der Waals surface area contributed by atoms with E-state index in [1.807, 2.05) is 18.2 Å². The lowest BCUT2D eigenvalue weighted by atomic mass is 10.0. The minimum Gasteiger partial charge on any atom is -0.481 e. The zero-order valence-corrected chi connectivity index (χ0v) is 15.7. The van der Waals surface area contributed by atoms with Crippen LogP contribution in [0.4, 0.5) is 4.79 Å². The van der Waals surface area contributed by atoms with E-state index >= 15 is 0 Å². The summed E-state index contributed by atoms with van der Waals surface area (Å²) in [7, 11) is 1.53. The first kappa shape index (κ1) is 18.5. The molecule has 130 valence electrons. The number of pyridine rings is 1. The molecule has 1 aromatic carbocycles. The van der Waals surface area contributed by atoms with Crippen LogP contribution in [-0.2, 0) is 4.74 Å². The average molecular weight is 397 g/mol. The van der Waals surface area contributed by atoms with Crippen LogP contribution in [0.15, 0.2) is 28.7 Å². The van der Waals surface area contributed by atoms with Gasteiger partial charge in [-0.15, -0.1) is 0 Å². The lowest BCUT2D eigenvalue weighted by Gasteiger charge is -2.21. The standard InChI is InChI=1S/C17H21BrN2O4/c1-17(2,3)24-16(22)19-9-12(21)14-11(18)7-5-10-6-8-13(23-4)20-15(10)14/h5-8,12,21H,9H2,1-4H3,(H,19,22). The van der Waals surface area contributed by atoms with E-state index in [1.165, 1.54) is 7.11 Å². The number of nitrogens with one attached hydrogen (secondary N) is 1. The van der Waals surface area contributed by atoms with Crippen molar-refractivity contribution in [3.8, 4) is 5.88 Å². The maximum atomic E-state index is 11.8. The van der Waals surface area contributed by atoms with Crippen molar-refractivity contribution in [2.45, 2.75) is 32.5 Å². The number of aromatic nitrogens is 1. The molecule has 0 saturated heterocycles. The molecular formula is C17H21BrN2O4. The Balaban J connectivity index is 2.23. The fraction of sp³-hybridized carbons (Fsp3) is 0.412. The summed E-state index contributed by atoms with van der Waals surface area (Å²) in [5.74, 6) is 0.453. The molecule has 2 aromatic rings. The van der Waals surface area contributed by atoms with Gasteiger partial charge < -0.3 is 19.9 Å². The molecule has 1 unspecified atom stereocenters. The number of carbonyl (C=O) groups excluding carboxylic acids is 1. The van der Waals surface area contributed by atoms with E-state index in [0.717, 1.165) is 5.39 Å². The first-order valence-electron chi connectivity index (χ1n) is 7.49. The number of hydrogen-bond acceptors (Lipinski definition) is 5. The molecule has 1 atom stereocenters. The van der Waals surface area contributed by atoms with Crippen molar-refractivity contribution in [3.05, 3.63) is 34.3 Å². The Morgan fingerprint density at radius 3 is 2.62 bits per heavy atom. The smallest absolute Gasteiger partial charge is 0.407 e. The summed E-state index contributed by atoms with van der Waals surface area (Å²) in [6, 6.07) is 7.35. The number of halogens is 1. The maximum absolute atomic E-state index is 11.8. The highest BCUT2D eigenvalue weighted by Gasteiger charge is 2.20. The lowest BCUT2D eigenvalue weighted by molar-refractivity contribution is 0.0492. The van der Waals surface area contributed by atoms with Crippen LogP contribution in [0.1, 0.15) is 32.4 Å². The molecule has 0 radical (unpaired) electrons. The average Bonchev–Trinajstić information content (AvgIpc) is 2.50. The van der Waals surface area contributed by atoms with Crippen LogP contribution in [0.5, 0.6) is 5.88 Å². The fourth-order valence-electron chi connectivity index (χ4n) is 2.19. The van der Waals surface area contributed by atoms with Gasteiger partial charge in [0.25, 0.3) is 0 Å². The van der Waals surface area contributed by atoms with E-state index in [2.05, 4.69) is 26.2 Å². The molecule has 6 nitrogen and oxygen atoms in total. The van der Waals surface area contributed by atoms with Crippen LogP contribution < -0.4 is 10.1 Å². The first-order valence-corrected chi connectivity index (χ1v) is 8.28. The highest BCUT2D eigenvalue weighted by molar-refractivity contribution is 9.10. The van der Waals surface area contributed by atoms with Crippen molar-refractivity contribution in [2.24, 2.45) is 0 Å². The molecule has 1 amide bonds. The Bertz CT molecular complexity index is 743. The highest BCUT2D eigenvalue weighted by atomic mass is 79.9. The summed E-state index contributed by atoms with van der Waals surface area (Å²) in [6.07, 6.45) is -1.53. The second kappa shape index (κ2) is 7.36. The van der Waals surface area contributed by atoms with Crippen molar-refractivity contribution in [3.63, 3.8) is 0 Å². The minimum absolute atomic E-state index is 0.00547. The third-order valence-electron chi connectivity index (χ3n) is 3.20. The largest absolute Gasteiger partial charge is 0.481 e. The van der Waals surface area contributed by atoms with Crippen molar-refractivity contribution in [1.82, 2.24) is 10.3 Å². The van der Waals surface area contributed by atoms with Crippen LogP contribution in [0.3, 0.4) is 0 Å². The molecule has 24 heavy (non-hydrogen) atoms. The fourth-order valence-corrected chi connectivity index (χ4v) is 2.78. The molecular weight excluding hydrogens is 376 g/mol. The van der Waals surface area contributed by atoms with Gasteiger partial charge in [0.05, 0.1) is 25.3 Å². The Morgan fingerprint density at radius 1 is 1.33 bits per heavy atom. The van der Waals surface area contributed by atoms with Gasteiger partial charge in [-0.3, -0.25) is 0 Å². The van der Waals surface area contributed by atoms with E-state index in [0.29, 0.717) is 21.4 Å². The predicted molar refractivity (Wildman–Crippen MR) is 95.2 cm³/mol. The molecule has 0 bridgehead atoms. The molecule has 2 rings (SSSR count). The van der Waals surface area contributed by atoms with Crippen molar-refractivity contribution >= 4 is 32.9 Å². The number of nitrogens with zero attached hydrogens (tertiary/aromatic N) is 1. The van der Waals surface area contributed by atoms with Gasteiger partial charge in [-0.1, -0.05) is 22.0 Å². The summed E-state index contributed by atoms with van der Waals surface area (Å²) in [6.45, 7) is 5.34. The number of amides is 1. The van der Waals surface area contributed by atoms with Gasteiger partial charge in [0.2, 0.25) is 5.88 Å². The van der Waals surface area contributed by atoms with Gasteiger partial charge in [-0.05, 0) is 32.9 Å². The van der Waals surface area contributed by atoms with Gasteiger partial charge in [0.1, 0.15) is 5.60 Å². The molecule has 0 spiro atoms. The number of fused-ring (bicyclic) bond motifs is 1. The summed E-state index contributed by atoms with van der Waals surface area (Å²) >= 11 is 3.44. The quantitative estimate of drug-likeness (QED) is 0.825. The number of carbonyl (C=O) groups is 1. The number of aliphatic hydroxyl groups is 1. The van der Waals surface area contributed by atoms with Crippen LogP contribution >= 0.6 is 15.9 Å². The van der Waals surface area contributed by atoms with Gasteiger partial charge in [-0.25, -0.2) is 9.78 Å². The Labute approximate surface area is 149 Å². The monoisotopic (exact) mass is 396 g/mol.